The number of urea groups is 1. The van der Waals surface area contributed by atoms with Crippen molar-refractivity contribution >= 4 is 46.2 Å². The highest BCUT2D eigenvalue weighted by atomic mass is 35.5. The topological polar surface area (TPSA) is 123 Å². The van der Waals surface area contributed by atoms with Crippen molar-refractivity contribution in [3.8, 4) is 28.6 Å². The number of thioether (sulfide) groups is 1. The molecule has 0 bridgehead atoms. The van der Waals surface area contributed by atoms with Gasteiger partial charge in [-0.25, -0.2) is 19.9 Å². The molecule has 1 unspecified atom stereocenters. The molecule has 11 nitrogen and oxygen atoms in total. The van der Waals surface area contributed by atoms with Gasteiger partial charge in [0.2, 0.25) is 5.91 Å². The second-order valence-electron chi connectivity index (χ2n) is 9.54. The Morgan fingerprint density at radius 1 is 1.00 bits per heavy atom. The van der Waals surface area contributed by atoms with E-state index in [2.05, 4.69) is 35.4 Å². The van der Waals surface area contributed by atoms with Crippen LogP contribution in [-0.2, 0) is 4.79 Å². The van der Waals surface area contributed by atoms with Crippen LogP contribution in [0.1, 0.15) is 18.5 Å². The van der Waals surface area contributed by atoms with E-state index in [1.807, 2.05) is 0 Å². The quantitative estimate of drug-likeness (QED) is 0.152. The van der Waals surface area contributed by atoms with Gasteiger partial charge in [-0.15, -0.1) is 31.4 Å². The molecule has 1 fully saturated rings. The molecule has 3 aromatic carbocycles. The average molecular weight is 700 g/mol. The SMILES string of the molecule is CC(NNC(=O)/N=C1\SCC(=O)N1c1cc(Cl)ccc1OC(F)(F)F)c1ccc(-c2ncn(-c3ccc(OC(F)(F)F)cc3)n2)cc1. The summed E-state index contributed by atoms with van der Waals surface area (Å²) in [5.74, 6) is -1.55. The van der Waals surface area contributed by atoms with Gasteiger partial charge in [0.15, 0.2) is 16.7 Å². The monoisotopic (exact) mass is 699 g/mol. The smallest absolute Gasteiger partial charge is 0.406 e. The molecular weight excluding hydrogens is 680 g/mol. The van der Waals surface area contributed by atoms with Crippen molar-refractivity contribution in [2.45, 2.75) is 25.7 Å². The van der Waals surface area contributed by atoms with Crippen molar-refractivity contribution < 1.29 is 45.4 Å². The van der Waals surface area contributed by atoms with Gasteiger partial charge in [-0.05, 0) is 55.0 Å². The third kappa shape index (κ3) is 8.72. The predicted molar refractivity (Wildman–Crippen MR) is 159 cm³/mol. The van der Waals surface area contributed by atoms with E-state index < -0.39 is 36.5 Å². The number of amides is 3. The summed E-state index contributed by atoms with van der Waals surface area (Å²) in [5, 5.41) is 4.20. The van der Waals surface area contributed by atoms with E-state index in [1.54, 1.807) is 31.2 Å². The maximum Gasteiger partial charge on any atom is 0.573 e. The molecule has 2 N–H and O–H groups in total. The zero-order chi connectivity index (χ0) is 33.9. The molecule has 47 heavy (non-hydrogen) atoms. The first-order valence-corrected chi connectivity index (χ1v) is 14.5. The number of hydrogen-bond donors (Lipinski definition) is 2. The molecule has 4 aromatic rings. The Morgan fingerprint density at radius 2 is 1.68 bits per heavy atom. The van der Waals surface area contributed by atoms with E-state index in [0.717, 1.165) is 52.6 Å². The molecule has 1 atom stereocenters. The Morgan fingerprint density at radius 3 is 2.34 bits per heavy atom. The van der Waals surface area contributed by atoms with Crippen LogP contribution in [0, 0.1) is 0 Å². The fourth-order valence-corrected chi connectivity index (χ4v) is 5.19. The fourth-order valence-electron chi connectivity index (χ4n) is 4.17. The number of aliphatic imine (C=N–C) groups is 1. The van der Waals surface area contributed by atoms with E-state index >= 15 is 0 Å². The first kappa shape index (κ1) is 33.6. The number of anilines is 1. The number of benzene rings is 3. The van der Waals surface area contributed by atoms with Gasteiger partial charge in [-0.3, -0.25) is 15.1 Å². The first-order valence-electron chi connectivity index (χ1n) is 13.2. The number of ether oxygens (including phenoxy) is 2. The maximum atomic E-state index is 12.9. The molecule has 1 saturated heterocycles. The van der Waals surface area contributed by atoms with E-state index in [0.29, 0.717) is 17.1 Å². The minimum Gasteiger partial charge on any atom is -0.406 e. The molecular formula is C28H20ClF6N7O4S. The Bertz CT molecular complexity index is 1800. The number of nitrogens with one attached hydrogen (secondary N) is 2. The van der Waals surface area contributed by atoms with Crippen LogP contribution in [0.3, 0.4) is 0 Å². The summed E-state index contributed by atoms with van der Waals surface area (Å²) in [4.78, 5) is 34.1. The second-order valence-corrected chi connectivity index (χ2v) is 10.9. The second kappa shape index (κ2) is 13.5. The molecule has 1 aliphatic heterocycles. The standard InChI is InChI=1S/C28H20ClF6N7O4S/c1-15(16-2-4-17(5-3-16)24-36-14-41(40-24)19-7-9-20(10-8-19)45-27(30,31)32)38-39-25(44)37-26-42(23(43)13-47-26)21-12-18(29)6-11-22(21)46-28(33,34)35/h2-12,14-15,38H,13H2,1H3,(H,39,44)/b37-26-. The van der Waals surface area contributed by atoms with Crippen molar-refractivity contribution in [1.82, 2.24) is 25.6 Å². The zero-order valence-electron chi connectivity index (χ0n) is 23.6. The van der Waals surface area contributed by atoms with Crippen LogP contribution >= 0.6 is 23.4 Å². The molecule has 5 rings (SSSR count). The largest absolute Gasteiger partial charge is 0.573 e. The molecule has 2 heterocycles. The van der Waals surface area contributed by atoms with Crippen molar-refractivity contribution in [2.24, 2.45) is 4.99 Å². The van der Waals surface area contributed by atoms with Crippen LogP contribution in [0.5, 0.6) is 11.5 Å². The summed E-state index contributed by atoms with van der Waals surface area (Å²) in [6.45, 7) is 1.73. The van der Waals surface area contributed by atoms with Gasteiger partial charge < -0.3 is 9.47 Å². The number of hydrazine groups is 1. The normalized spacial score (nSPS) is 15.2. The summed E-state index contributed by atoms with van der Waals surface area (Å²) in [7, 11) is 0. The van der Waals surface area contributed by atoms with Gasteiger partial charge in [0, 0.05) is 16.6 Å². The highest BCUT2D eigenvalue weighted by molar-refractivity contribution is 8.15. The van der Waals surface area contributed by atoms with Crippen LogP contribution in [-0.4, -0.2) is 50.3 Å². The summed E-state index contributed by atoms with van der Waals surface area (Å²) < 4.78 is 85.3. The molecule has 0 saturated carbocycles. The number of carbonyl (C=O) groups excluding carboxylic acids is 2. The van der Waals surface area contributed by atoms with Crippen molar-refractivity contribution in [3.63, 3.8) is 0 Å². The van der Waals surface area contributed by atoms with Gasteiger partial charge in [0.25, 0.3) is 0 Å². The number of carbonyl (C=O) groups is 2. The first-order chi connectivity index (χ1) is 22.1. The van der Waals surface area contributed by atoms with E-state index in [-0.39, 0.29) is 27.4 Å². The number of hydrogen-bond acceptors (Lipinski definition) is 8. The number of aromatic nitrogens is 3. The molecule has 246 valence electrons. The van der Waals surface area contributed by atoms with Crippen molar-refractivity contribution in [3.05, 3.63) is 83.6 Å². The summed E-state index contributed by atoms with van der Waals surface area (Å²) in [5.41, 5.74) is 6.62. The molecule has 0 aliphatic carbocycles. The van der Waals surface area contributed by atoms with E-state index in [9.17, 15) is 35.9 Å². The molecule has 0 radical (unpaired) electrons. The average Bonchev–Trinajstić information content (AvgIpc) is 3.63. The predicted octanol–water partition coefficient (Wildman–Crippen LogP) is 6.80. The minimum atomic E-state index is -5.04. The van der Waals surface area contributed by atoms with E-state index in [1.165, 1.54) is 23.1 Å². The van der Waals surface area contributed by atoms with Crippen LogP contribution in [0.4, 0.5) is 36.8 Å². The number of alkyl halides is 6. The minimum absolute atomic E-state index is 0.0295. The lowest BCUT2D eigenvalue weighted by molar-refractivity contribution is -0.275. The number of halogens is 7. The Hall–Kier alpha value is -4.81. The van der Waals surface area contributed by atoms with Gasteiger partial charge in [0.05, 0.1) is 17.1 Å². The van der Waals surface area contributed by atoms with Crippen molar-refractivity contribution in [1.29, 1.82) is 0 Å². The summed E-state index contributed by atoms with van der Waals surface area (Å²) in [6.07, 6.45) is -8.45. The third-order valence-corrected chi connectivity index (χ3v) is 7.40. The van der Waals surface area contributed by atoms with Crippen LogP contribution in [0.2, 0.25) is 5.02 Å². The number of nitrogens with zero attached hydrogens (tertiary/aromatic N) is 5. The summed E-state index contributed by atoms with van der Waals surface area (Å²) in [6, 6.07) is 13.9. The molecule has 1 aromatic heterocycles. The van der Waals surface area contributed by atoms with Crippen LogP contribution < -0.4 is 25.2 Å². The highest BCUT2D eigenvalue weighted by Gasteiger charge is 2.37. The Kier molecular flexibility index (Phi) is 9.64. The fraction of sp³-hybridized carbons (Fsp3) is 0.179. The third-order valence-electron chi connectivity index (χ3n) is 6.24. The lowest BCUT2D eigenvalue weighted by Crippen LogP contribution is -2.39. The van der Waals surface area contributed by atoms with Crippen LogP contribution in [0.15, 0.2) is 78.0 Å². The van der Waals surface area contributed by atoms with Gasteiger partial charge >= 0.3 is 18.8 Å². The molecule has 1 aliphatic rings. The van der Waals surface area contributed by atoms with E-state index in [4.69, 9.17) is 11.6 Å². The number of rotatable bonds is 8. The zero-order valence-corrected chi connectivity index (χ0v) is 25.2. The van der Waals surface area contributed by atoms with Gasteiger partial charge in [0.1, 0.15) is 12.1 Å². The van der Waals surface area contributed by atoms with Crippen molar-refractivity contribution in [2.75, 3.05) is 10.7 Å². The number of amidine groups is 1. The Labute approximate surface area is 270 Å². The van der Waals surface area contributed by atoms with Crippen LogP contribution in [0.25, 0.3) is 17.1 Å². The molecule has 19 heteroatoms. The lowest BCUT2D eigenvalue weighted by atomic mass is 10.1. The molecule has 3 amide bonds. The molecule has 0 spiro atoms. The highest BCUT2D eigenvalue weighted by Crippen LogP contribution is 2.39. The summed E-state index contributed by atoms with van der Waals surface area (Å²) >= 11 is 6.80. The van der Waals surface area contributed by atoms with Gasteiger partial charge in [-0.1, -0.05) is 47.6 Å². The van der Waals surface area contributed by atoms with Gasteiger partial charge in [-0.2, -0.15) is 4.99 Å². The lowest BCUT2D eigenvalue weighted by Gasteiger charge is -2.21. The maximum absolute atomic E-state index is 12.9. The Balaban J connectivity index is 1.21.